The Hall–Kier alpha value is -1.83. The van der Waals surface area contributed by atoms with E-state index in [1.165, 1.54) is 11.1 Å². The van der Waals surface area contributed by atoms with E-state index in [1.54, 1.807) is 0 Å². The van der Waals surface area contributed by atoms with Crippen LogP contribution in [0.2, 0.25) is 0 Å². The molecule has 1 aliphatic rings. The maximum absolute atomic E-state index is 5.70. The van der Waals surface area contributed by atoms with Crippen LogP contribution in [0.1, 0.15) is 11.3 Å². The fraction of sp³-hybridized carbons (Fsp3) is 0.214. The lowest BCUT2D eigenvalue weighted by atomic mass is 9.99. The number of hydrogen-bond donors (Lipinski definition) is 0. The quantitative estimate of drug-likeness (QED) is 0.668. The smallest absolute Gasteiger partial charge is 0.221 e. The first kappa shape index (κ1) is 9.40. The largest absolute Gasteiger partial charge is 0.477 e. The summed E-state index contributed by atoms with van der Waals surface area (Å²) in [6.07, 6.45) is 0.950. The van der Waals surface area contributed by atoms with E-state index in [1.807, 2.05) is 13.0 Å². The average Bonchev–Trinajstić information content (AvgIpc) is 2.47. The third-order valence-electron chi connectivity index (χ3n) is 2.92. The van der Waals surface area contributed by atoms with E-state index in [-0.39, 0.29) is 0 Å². The van der Waals surface area contributed by atoms with Crippen LogP contribution in [0.5, 0.6) is 5.88 Å². The molecule has 0 bridgehead atoms. The van der Waals surface area contributed by atoms with Gasteiger partial charge in [0, 0.05) is 17.7 Å². The molecule has 1 aliphatic heterocycles. The van der Waals surface area contributed by atoms with Crippen LogP contribution >= 0.6 is 0 Å². The summed E-state index contributed by atoms with van der Waals surface area (Å²) in [4.78, 5) is 4.45. The second-order valence-corrected chi connectivity index (χ2v) is 4.06. The van der Waals surface area contributed by atoms with Crippen molar-refractivity contribution in [3.63, 3.8) is 0 Å². The zero-order chi connectivity index (χ0) is 11.0. The number of nitrogens with zero attached hydrogens (tertiary/aromatic N) is 1. The molecular weight excluding hydrogens is 198 g/mol. The molecule has 2 nitrogen and oxygen atoms in total. The van der Waals surface area contributed by atoms with Crippen molar-refractivity contribution >= 4 is 0 Å². The first-order valence-corrected chi connectivity index (χ1v) is 5.53. The standard InChI is InChI=1S/C14H13NO/c1-10-6-7-13-12-5-3-2-4-11(12)8-9-16-14(13)15-10/h2-7H,8-9H2,1H3. The van der Waals surface area contributed by atoms with E-state index in [4.69, 9.17) is 4.74 Å². The second kappa shape index (κ2) is 3.63. The van der Waals surface area contributed by atoms with Crippen LogP contribution in [0, 0.1) is 6.92 Å². The minimum absolute atomic E-state index is 0.709. The molecule has 0 atom stereocenters. The minimum atomic E-state index is 0.709. The number of pyridine rings is 1. The fourth-order valence-corrected chi connectivity index (χ4v) is 2.11. The van der Waals surface area contributed by atoms with Gasteiger partial charge in [-0.2, -0.15) is 0 Å². The molecule has 3 rings (SSSR count). The van der Waals surface area contributed by atoms with Crippen molar-refractivity contribution in [2.24, 2.45) is 0 Å². The van der Waals surface area contributed by atoms with Gasteiger partial charge in [0.25, 0.3) is 0 Å². The minimum Gasteiger partial charge on any atom is -0.477 e. The van der Waals surface area contributed by atoms with Crippen molar-refractivity contribution in [2.45, 2.75) is 13.3 Å². The summed E-state index contributed by atoms with van der Waals surface area (Å²) in [5, 5.41) is 0. The summed E-state index contributed by atoms with van der Waals surface area (Å²) >= 11 is 0. The van der Waals surface area contributed by atoms with Crippen LogP contribution in [0.3, 0.4) is 0 Å². The molecule has 0 spiro atoms. The molecule has 0 unspecified atom stereocenters. The van der Waals surface area contributed by atoms with Gasteiger partial charge in [0.1, 0.15) is 0 Å². The van der Waals surface area contributed by atoms with Crippen molar-refractivity contribution in [1.82, 2.24) is 4.98 Å². The lowest BCUT2D eigenvalue weighted by Crippen LogP contribution is -2.00. The molecule has 80 valence electrons. The van der Waals surface area contributed by atoms with Gasteiger partial charge in [-0.15, -0.1) is 0 Å². The van der Waals surface area contributed by atoms with Gasteiger partial charge in [0.05, 0.1) is 6.61 Å². The molecule has 0 N–H and O–H groups in total. The number of fused-ring (bicyclic) bond motifs is 3. The van der Waals surface area contributed by atoms with Crippen LogP contribution in [-0.2, 0) is 6.42 Å². The molecule has 2 heteroatoms. The van der Waals surface area contributed by atoms with E-state index in [0.717, 1.165) is 23.6 Å². The Bertz CT molecular complexity index is 534. The van der Waals surface area contributed by atoms with Crippen molar-refractivity contribution in [2.75, 3.05) is 6.61 Å². The Morgan fingerprint density at radius 3 is 2.88 bits per heavy atom. The van der Waals surface area contributed by atoms with Crippen molar-refractivity contribution in [1.29, 1.82) is 0 Å². The molecular formula is C14H13NO. The highest BCUT2D eigenvalue weighted by atomic mass is 16.5. The maximum Gasteiger partial charge on any atom is 0.221 e. The second-order valence-electron chi connectivity index (χ2n) is 4.06. The summed E-state index contributed by atoms with van der Waals surface area (Å²) in [6.45, 7) is 2.70. The van der Waals surface area contributed by atoms with Crippen LogP contribution in [0.4, 0.5) is 0 Å². The lowest BCUT2D eigenvalue weighted by Gasteiger charge is -2.07. The van der Waals surface area contributed by atoms with Crippen LogP contribution < -0.4 is 4.74 Å². The van der Waals surface area contributed by atoms with Crippen molar-refractivity contribution in [3.05, 3.63) is 47.7 Å². The summed E-state index contributed by atoms with van der Waals surface area (Å²) < 4.78 is 5.70. The van der Waals surface area contributed by atoms with Gasteiger partial charge in [0.2, 0.25) is 5.88 Å². The topological polar surface area (TPSA) is 22.1 Å². The van der Waals surface area contributed by atoms with Crippen molar-refractivity contribution in [3.8, 4) is 17.0 Å². The number of aryl methyl sites for hydroxylation is 1. The molecule has 2 heterocycles. The predicted octanol–water partition coefficient (Wildman–Crippen LogP) is 2.99. The van der Waals surface area contributed by atoms with Gasteiger partial charge >= 0.3 is 0 Å². The van der Waals surface area contributed by atoms with Crippen LogP contribution in [0.25, 0.3) is 11.1 Å². The van der Waals surface area contributed by atoms with E-state index < -0.39 is 0 Å². The van der Waals surface area contributed by atoms with Gasteiger partial charge in [-0.3, -0.25) is 0 Å². The Morgan fingerprint density at radius 1 is 1.06 bits per heavy atom. The summed E-state index contributed by atoms with van der Waals surface area (Å²) in [7, 11) is 0. The number of ether oxygens (including phenoxy) is 1. The number of benzene rings is 1. The van der Waals surface area contributed by atoms with E-state index in [9.17, 15) is 0 Å². The molecule has 0 radical (unpaired) electrons. The Labute approximate surface area is 94.9 Å². The van der Waals surface area contributed by atoms with Gasteiger partial charge in [-0.25, -0.2) is 4.98 Å². The van der Waals surface area contributed by atoms with E-state index >= 15 is 0 Å². The van der Waals surface area contributed by atoms with Gasteiger partial charge in [-0.1, -0.05) is 24.3 Å². The fourth-order valence-electron chi connectivity index (χ4n) is 2.11. The average molecular weight is 211 g/mol. The Kier molecular flexibility index (Phi) is 2.13. The van der Waals surface area contributed by atoms with Crippen molar-refractivity contribution < 1.29 is 4.74 Å². The molecule has 2 aromatic rings. The summed E-state index contributed by atoms with van der Waals surface area (Å²) in [5.41, 5.74) is 4.70. The maximum atomic E-state index is 5.70. The summed E-state index contributed by atoms with van der Waals surface area (Å²) in [5.74, 6) is 0.768. The Balaban J connectivity index is 2.25. The number of rotatable bonds is 0. The first-order valence-electron chi connectivity index (χ1n) is 5.53. The third kappa shape index (κ3) is 1.47. The molecule has 1 aromatic heterocycles. The lowest BCUT2D eigenvalue weighted by molar-refractivity contribution is 0.313. The molecule has 0 amide bonds. The van der Waals surface area contributed by atoms with E-state index in [0.29, 0.717) is 6.61 Å². The zero-order valence-corrected chi connectivity index (χ0v) is 9.23. The molecule has 1 aromatic carbocycles. The zero-order valence-electron chi connectivity index (χ0n) is 9.23. The monoisotopic (exact) mass is 211 g/mol. The normalized spacial score (nSPS) is 13.3. The first-order chi connectivity index (χ1) is 7.84. The summed E-state index contributed by atoms with van der Waals surface area (Å²) in [6, 6.07) is 12.6. The molecule has 0 aliphatic carbocycles. The number of hydrogen-bond acceptors (Lipinski definition) is 2. The highest BCUT2D eigenvalue weighted by Gasteiger charge is 2.15. The van der Waals surface area contributed by atoms with Crippen LogP contribution in [0.15, 0.2) is 36.4 Å². The number of aromatic nitrogens is 1. The molecule has 0 saturated heterocycles. The molecule has 0 fully saturated rings. The van der Waals surface area contributed by atoms with Gasteiger partial charge in [0.15, 0.2) is 0 Å². The molecule has 16 heavy (non-hydrogen) atoms. The van der Waals surface area contributed by atoms with E-state index in [2.05, 4.69) is 35.3 Å². The Morgan fingerprint density at radius 2 is 1.94 bits per heavy atom. The third-order valence-corrected chi connectivity index (χ3v) is 2.92. The van der Waals surface area contributed by atoms with Gasteiger partial charge < -0.3 is 4.74 Å². The predicted molar refractivity (Wildman–Crippen MR) is 63.6 cm³/mol. The highest BCUT2D eigenvalue weighted by molar-refractivity contribution is 5.72. The van der Waals surface area contributed by atoms with Gasteiger partial charge in [-0.05, 0) is 30.2 Å². The highest BCUT2D eigenvalue weighted by Crippen LogP contribution is 2.33. The SMILES string of the molecule is Cc1ccc2c(n1)OCCc1ccccc1-2. The molecule has 0 saturated carbocycles. The van der Waals surface area contributed by atoms with Crippen LogP contribution in [-0.4, -0.2) is 11.6 Å².